The molecule has 0 fully saturated rings. The number of aromatic nitrogens is 5. The molecule has 1 N–H and O–H groups in total. The zero-order valence-corrected chi connectivity index (χ0v) is 12.2. The summed E-state index contributed by atoms with van der Waals surface area (Å²) in [5.74, 6) is 1.27. The van der Waals surface area contributed by atoms with Crippen LogP contribution < -0.4 is 5.32 Å². The molecule has 0 aliphatic carbocycles. The number of tetrazole rings is 1. The Kier molecular flexibility index (Phi) is 4.08. The molecule has 0 atom stereocenters. The summed E-state index contributed by atoms with van der Waals surface area (Å²) in [6.07, 6.45) is 0.893. The highest BCUT2D eigenvalue weighted by Crippen LogP contribution is 2.14. The molecule has 1 amide bonds. The van der Waals surface area contributed by atoms with E-state index in [1.807, 2.05) is 24.3 Å². The molecule has 0 unspecified atom stereocenters. The van der Waals surface area contributed by atoms with E-state index < -0.39 is 0 Å². The van der Waals surface area contributed by atoms with Crippen molar-refractivity contribution in [3.05, 3.63) is 36.0 Å². The van der Waals surface area contributed by atoms with Gasteiger partial charge in [-0.15, -0.1) is 5.10 Å². The third-order valence-corrected chi connectivity index (χ3v) is 3.26. The molecule has 0 saturated heterocycles. The lowest BCUT2D eigenvalue weighted by Crippen LogP contribution is -2.27. The normalized spacial score (nSPS) is 11.0. The standard InChI is InChI=1S/C14H16N6O2/c1-10-17-18-19-20(10)9-7-13(21)15-8-6-14-16-11-4-2-3-5-12(11)22-14/h2-5H,6-9H2,1H3,(H,15,21). The molecule has 0 aliphatic heterocycles. The van der Waals surface area contributed by atoms with Crippen LogP contribution in [0.5, 0.6) is 0 Å². The van der Waals surface area contributed by atoms with Gasteiger partial charge in [-0.25, -0.2) is 9.67 Å². The van der Waals surface area contributed by atoms with E-state index in [2.05, 4.69) is 25.8 Å². The molecular weight excluding hydrogens is 284 g/mol. The lowest BCUT2D eigenvalue weighted by Gasteiger charge is -2.04. The summed E-state index contributed by atoms with van der Waals surface area (Å²) < 4.78 is 7.19. The first-order chi connectivity index (χ1) is 10.7. The number of rotatable bonds is 6. The molecule has 2 heterocycles. The Morgan fingerprint density at radius 2 is 2.23 bits per heavy atom. The monoisotopic (exact) mass is 300 g/mol. The SMILES string of the molecule is Cc1nnnn1CCC(=O)NCCc1nc2ccccc2o1. The molecule has 8 heteroatoms. The molecule has 22 heavy (non-hydrogen) atoms. The highest BCUT2D eigenvalue weighted by atomic mass is 16.3. The third kappa shape index (κ3) is 3.27. The van der Waals surface area contributed by atoms with Crippen molar-refractivity contribution in [2.75, 3.05) is 6.54 Å². The van der Waals surface area contributed by atoms with Crippen LogP contribution in [0.3, 0.4) is 0 Å². The Hall–Kier alpha value is -2.77. The minimum atomic E-state index is -0.0500. The molecule has 3 rings (SSSR count). The van der Waals surface area contributed by atoms with E-state index in [0.29, 0.717) is 37.6 Å². The minimum Gasteiger partial charge on any atom is -0.441 e. The summed E-state index contributed by atoms with van der Waals surface area (Å²) in [7, 11) is 0. The van der Waals surface area contributed by atoms with Crippen LogP contribution in [0.25, 0.3) is 11.1 Å². The second-order valence-electron chi connectivity index (χ2n) is 4.87. The van der Waals surface area contributed by atoms with Crippen LogP contribution in [0.4, 0.5) is 0 Å². The predicted octanol–water partition coefficient (Wildman–Crippen LogP) is 0.872. The zero-order chi connectivity index (χ0) is 15.4. The van der Waals surface area contributed by atoms with E-state index in [9.17, 15) is 4.79 Å². The number of benzene rings is 1. The van der Waals surface area contributed by atoms with Crippen molar-refractivity contribution in [2.45, 2.75) is 26.3 Å². The molecule has 0 spiro atoms. The largest absolute Gasteiger partial charge is 0.441 e. The summed E-state index contributed by atoms with van der Waals surface area (Å²) in [4.78, 5) is 16.1. The molecule has 114 valence electrons. The topological polar surface area (TPSA) is 98.7 Å². The van der Waals surface area contributed by atoms with Crippen molar-refractivity contribution in [1.82, 2.24) is 30.5 Å². The van der Waals surface area contributed by atoms with Crippen LogP contribution in [-0.4, -0.2) is 37.6 Å². The number of oxazole rings is 1. The van der Waals surface area contributed by atoms with Crippen LogP contribution in [0, 0.1) is 6.92 Å². The van der Waals surface area contributed by atoms with Gasteiger partial charge in [0.1, 0.15) is 11.3 Å². The van der Waals surface area contributed by atoms with E-state index in [0.717, 1.165) is 11.1 Å². The maximum absolute atomic E-state index is 11.8. The van der Waals surface area contributed by atoms with Crippen molar-refractivity contribution in [3.8, 4) is 0 Å². The fourth-order valence-corrected chi connectivity index (χ4v) is 2.09. The average Bonchev–Trinajstić information content (AvgIpc) is 3.10. The molecule has 0 saturated carbocycles. The van der Waals surface area contributed by atoms with Gasteiger partial charge in [0.25, 0.3) is 0 Å². The first-order valence-corrected chi connectivity index (χ1v) is 7.06. The molecule has 2 aromatic heterocycles. The third-order valence-electron chi connectivity index (χ3n) is 3.26. The summed E-state index contributed by atoms with van der Waals surface area (Å²) in [5.41, 5.74) is 1.59. The maximum Gasteiger partial charge on any atom is 0.221 e. The number of amides is 1. The number of fused-ring (bicyclic) bond motifs is 1. The quantitative estimate of drug-likeness (QED) is 0.725. The van der Waals surface area contributed by atoms with Crippen molar-refractivity contribution in [1.29, 1.82) is 0 Å². The van der Waals surface area contributed by atoms with E-state index in [-0.39, 0.29) is 5.91 Å². The number of nitrogens with one attached hydrogen (secondary N) is 1. The Morgan fingerprint density at radius 1 is 1.36 bits per heavy atom. The molecule has 3 aromatic rings. The van der Waals surface area contributed by atoms with E-state index in [4.69, 9.17) is 4.42 Å². The summed E-state index contributed by atoms with van der Waals surface area (Å²) >= 11 is 0. The Balaban J connectivity index is 1.44. The lowest BCUT2D eigenvalue weighted by atomic mass is 10.3. The molecular formula is C14H16N6O2. The lowest BCUT2D eigenvalue weighted by molar-refractivity contribution is -0.121. The van der Waals surface area contributed by atoms with Gasteiger partial charge in [-0.05, 0) is 29.5 Å². The van der Waals surface area contributed by atoms with Crippen LogP contribution >= 0.6 is 0 Å². The van der Waals surface area contributed by atoms with Gasteiger partial charge >= 0.3 is 0 Å². The van der Waals surface area contributed by atoms with Gasteiger partial charge in [0, 0.05) is 19.4 Å². The highest BCUT2D eigenvalue weighted by Gasteiger charge is 2.07. The maximum atomic E-state index is 11.8. The first-order valence-electron chi connectivity index (χ1n) is 7.06. The minimum absolute atomic E-state index is 0.0500. The molecule has 8 nitrogen and oxygen atoms in total. The molecule has 0 bridgehead atoms. The van der Waals surface area contributed by atoms with Crippen LogP contribution in [0.15, 0.2) is 28.7 Å². The number of carbonyl (C=O) groups excluding carboxylic acids is 1. The van der Waals surface area contributed by atoms with Gasteiger partial charge in [0.15, 0.2) is 11.5 Å². The summed E-state index contributed by atoms with van der Waals surface area (Å²) in [6.45, 7) is 2.75. The van der Waals surface area contributed by atoms with Gasteiger partial charge in [0.2, 0.25) is 5.91 Å². The smallest absolute Gasteiger partial charge is 0.221 e. The van der Waals surface area contributed by atoms with Crippen molar-refractivity contribution >= 4 is 17.0 Å². The predicted molar refractivity (Wildman–Crippen MR) is 77.9 cm³/mol. The summed E-state index contributed by atoms with van der Waals surface area (Å²) in [6, 6.07) is 7.59. The van der Waals surface area contributed by atoms with Gasteiger partial charge in [0.05, 0.1) is 6.54 Å². The van der Waals surface area contributed by atoms with E-state index in [1.165, 1.54) is 0 Å². The van der Waals surface area contributed by atoms with Crippen molar-refractivity contribution in [3.63, 3.8) is 0 Å². The van der Waals surface area contributed by atoms with E-state index >= 15 is 0 Å². The van der Waals surface area contributed by atoms with Gasteiger partial charge in [-0.1, -0.05) is 12.1 Å². The fourth-order valence-electron chi connectivity index (χ4n) is 2.09. The van der Waals surface area contributed by atoms with Crippen molar-refractivity contribution < 1.29 is 9.21 Å². The summed E-state index contributed by atoms with van der Waals surface area (Å²) in [5, 5.41) is 13.9. The van der Waals surface area contributed by atoms with Crippen LogP contribution in [0.1, 0.15) is 18.1 Å². The second-order valence-corrected chi connectivity index (χ2v) is 4.87. The number of carbonyl (C=O) groups is 1. The Morgan fingerprint density at radius 3 is 3.00 bits per heavy atom. The van der Waals surface area contributed by atoms with Crippen molar-refractivity contribution in [2.24, 2.45) is 0 Å². The number of nitrogens with zero attached hydrogens (tertiary/aromatic N) is 5. The number of hydrogen-bond acceptors (Lipinski definition) is 6. The fraction of sp³-hybridized carbons (Fsp3) is 0.357. The highest BCUT2D eigenvalue weighted by molar-refractivity contribution is 5.75. The van der Waals surface area contributed by atoms with Gasteiger partial charge in [-0.2, -0.15) is 0 Å². The Bertz CT molecular complexity index is 745. The zero-order valence-electron chi connectivity index (χ0n) is 12.2. The molecule has 0 aliphatic rings. The average molecular weight is 300 g/mol. The first kappa shape index (κ1) is 14.2. The van der Waals surface area contributed by atoms with Gasteiger partial charge in [-0.3, -0.25) is 4.79 Å². The van der Waals surface area contributed by atoms with Gasteiger partial charge < -0.3 is 9.73 Å². The second kappa shape index (κ2) is 6.33. The van der Waals surface area contributed by atoms with Crippen LogP contribution in [-0.2, 0) is 17.8 Å². The number of aryl methyl sites for hydroxylation is 2. The number of para-hydroxylation sites is 2. The van der Waals surface area contributed by atoms with Crippen LogP contribution in [0.2, 0.25) is 0 Å². The van der Waals surface area contributed by atoms with E-state index in [1.54, 1.807) is 11.6 Å². The number of hydrogen-bond donors (Lipinski definition) is 1. The molecule has 1 aromatic carbocycles. The Labute approximate surface area is 126 Å². The molecule has 0 radical (unpaired) electrons.